The van der Waals surface area contributed by atoms with E-state index in [0.29, 0.717) is 16.3 Å². The first-order chi connectivity index (χ1) is 15.8. The van der Waals surface area contributed by atoms with Crippen molar-refractivity contribution in [3.8, 4) is 0 Å². The minimum Gasteiger partial charge on any atom is -0.363 e. The molecule has 0 bridgehead atoms. The predicted octanol–water partition coefficient (Wildman–Crippen LogP) is 6.78. The maximum absolute atomic E-state index is 13.8. The Hall–Kier alpha value is -3.21. The molecule has 34 heavy (non-hydrogen) atoms. The van der Waals surface area contributed by atoms with Crippen LogP contribution in [-0.2, 0) is 6.18 Å². The zero-order valence-electron chi connectivity index (χ0n) is 17.4. The molecule has 12 heteroatoms. The number of nitrogens with one attached hydrogen (secondary N) is 2. The van der Waals surface area contributed by atoms with Gasteiger partial charge in [0.1, 0.15) is 5.82 Å². The molecule has 2 N–H and O–H groups in total. The van der Waals surface area contributed by atoms with E-state index >= 15 is 0 Å². The van der Waals surface area contributed by atoms with Gasteiger partial charge in [-0.05, 0) is 30.7 Å². The number of aryl methyl sites for hydroxylation is 1. The SMILES string of the molecule is Cc1ccc([C@H]2C[C@@H](C(F)(F)F)n3nc(C(=O)Nc4cc(C(F)(F)F)ccc4Cl)cc3N2)cc1. The quantitative estimate of drug-likeness (QED) is 0.388. The highest BCUT2D eigenvalue weighted by atomic mass is 35.5. The number of benzene rings is 2. The minimum atomic E-state index is -4.67. The van der Waals surface area contributed by atoms with Gasteiger partial charge in [0.2, 0.25) is 0 Å². The van der Waals surface area contributed by atoms with Gasteiger partial charge in [0, 0.05) is 12.5 Å². The second kappa shape index (κ2) is 8.53. The molecule has 4 rings (SSSR count). The molecule has 5 nitrogen and oxygen atoms in total. The van der Waals surface area contributed by atoms with Gasteiger partial charge in [-0.25, -0.2) is 4.68 Å². The topological polar surface area (TPSA) is 59.0 Å². The minimum absolute atomic E-state index is 0.0422. The number of hydrogen-bond acceptors (Lipinski definition) is 3. The van der Waals surface area contributed by atoms with E-state index in [-0.39, 0.29) is 22.9 Å². The van der Waals surface area contributed by atoms with Crippen LogP contribution in [0.2, 0.25) is 5.02 Å². The fraction of sp³-hybridized carbons (Fsp3) is 0.273. The number of carbonyl (C=O) groups excluding carboxylic acids is 1. The van der Waals surface area contributed by atoms with Crippen LogP contribution in [0.5, 0.6) is 0 Å². The molecule has 0 fully saturated rings. The fourth-order valence-electron chi connectivity index (χ4n) is 3.69. The Morgan fingerprint density at radius 2 is 1.76 bits per heavy atom. The summed E-state index contributed by atoms with van der Waals surface area (Å²) in [6.45, 7) is 1.85. The molecule has 1 aliphatic rings. The zero-order chi connectivity index (χ0) is 24.8. The Balaban J connectivity index is 1.64. The van der Waals surface area contributed by atoms with Crippen LogP contribution in [0.4, 0.5) is 37.8 Å². The number of alkyl halides is 6. The number of rotatable bonds is 3. The molecule has 2 atom stereocenters. The van der Waals surface area contributed by atoms with Gasteiger partial charge in [-0.15, -0.1) is 0 Å². The number of nitrogens with zero attached hydrogens (tertiary/aromatic N) is 2. The lowest BCUT2D eigenvalue weighted by molar-refractivity contribution is -0.173. The Morgan fingerprint density at radius 1 is 1.09 bits per heavy atom. The third-order valence-corrected chi connectivity index (χ3v) is 5.77. The average Bonchev–Trinajstić information content (AvgIpc) is 3.18. The lowest BCUT2D eigenvalue weighted by atomic mass is 9.96. The van der Waals surface area contributed by atoms with Gasteiger partial charge in [0.05, 0.1) is 22.3 Å². The van der Waals surface area contributed by atoms with E-state index in [1.54, 1.807) is 24.3 Å². The van der Waals surface area contributed by atoms with Crippen LogP contribution in [0, 0.1) is 6.92 Å². The van der Waals surface area contributed by atoms with Crippen LogP contribution in [0.3, 0.4) is 0 Å². The van der Waals surface area contributed by atoms with E-state index in [2.05, 4.69) is 15.7 Å². The molecule has 2 heterocycles. The van der Waals surface area contributed by atoms with Crippen LogP contribution in [0.15, 0.2) is 48.5 Å². The maximum Gasteiger partial charge on any atom is 0.416 e. The zero-order valence-corrected chi connectivity index (χ0v) is 18.2. The number of halogens is 7. The Bertz CT molecular complexity index is 1220. The summed E-state index contributed by atoms with van der Waals surface area (Å²) in [6, 6.07) is 7.77. The molecule has 0 radical (unpaired) electrons. The Labute approximate surface area is 194 Å². The summed E-state index contributed by atoms with van der Waals surface area (Å²) in [6.07, 6.45) is -9.68. The molecular weight excluding hydrogens is 486 g/mol. The van der Waals surface area contributed by atoms with Crippen molar-refractivity contribution in [1.82, 2.24) is 9.78 Å². The number of amides is 1. The highest BCUT2D eigenvalue weighted by Crippen LogP contribution is 2.43. The number of fused-ring (bicyclic) bond motifs is 1. The normalized spacial score (nSPS) is 18.2. The second-order valence-electron chi connectivity index (χ2n) is 7.91. The lowest BCUT2D eigenvalue weighted by Crippen LogP contribution is -2.35. The smallest absolute Gasteiger partial charge is 0.363 e. The molecule has 3 aromatic rings. The number of anilines is 2. The molecule has 0 unspecified atom stereocenters. The second-order valence-corrected chi connectivity index (χ2v) is 8.31. The van der Waals surface area contributed by atoms with Crippen molar-refractivity contribution in [2.45, 2.75) is 37.8 Å². The molecule has 0 spiro atoms. The van der Waals surface area contributed by atoms with E-state index < -0.39 is 41.6 Å². The van der Waals surface area contributed by atoms with Gasteiger partial charge >= 0.3 is 12.4 Å². The van der Waals surface area contributed by atoms with Gasteiger partial charge < -0.3 is 10.6 Å². The van der Waals surface area contributed by atoms with E-state index in [4.69, 9.17) is 11.6 Å². The first-order valence-electron chi connectivity index (χ1n) is 10.0. The van der Waals surface area contributed by atoms with Crippen molar-refractivity contribution in [1.29, 1.82) is 0 Å². The van der Waals surface area contributed by atoms with Gasteiger partial charge in [-0.2, -0.15) is 31.4 Å². The summed E-state index contributed by atoms with van der Waals surface area (Å²) in [5, 5.41) is 8.78. The maximum atomic E-state index is 13.8. The molecule has 180 valence electrons. The van der Waals surface area contributed by atoms with Crippen LogP contribution >= 0.6 is 11.6 Å². The first-order valence-corrected chi connectivity index (χ1v) is 10.4. The standard InChI is InChI=1S/C22H17ClF6N4O/c1-11-2-4-12(5-3-11)15-9-18(22(27,28)29)33-19(30-15)10-17(32-33)20(34)31-16-8-13(21(24,25)26)6-7-14(16)23/h2-8,10,15,18,30H,9H2,1H3,(H,31,34)/t15-,18+/m1/s1. The van der Waals surface area contributed by atoms with Crippen molar-refractivity contribution in [3.05, 3.63) is 75.9 Å². The average molecular weight is 503 g/mol. The van der Waals surface area contributed by atoms with Gasteiger partial charge in [-0.3, -0.25) is 4.79 Å². The van der Waals surface area contributed by atoms with Crippen LogP contribution < -0.4 is 10.6 Å². The van der Waals surface area contributed by atoms with Crippen molar-refractivity contribution in [2.24, 2.45) is 0 Å². The molecule has 0 aliphatic carbocycles. The summed E-state index contributed by atoms with van der Waals surface area (Å²) in [5.74, 6) is -1.04. The van der Waals surface area contributed by atoms with Crippen molar-refractivity contribution >= 4 is 29.0 Å². The van der Waals surface area contributed by atoms with E-state index in [0.717, 1.165) is 23.8 Å². The largest absolute Gasteiger partial charge is 0.416 e. The van der Waals surface area contributed by atoms with Crippen LogP contribution in [0.1, 0.15) is 45.7 Å². The molecule has 1 amide bonds. The van der Waals surface area contributed by atoms with Crippen molar-refractivity contribution < 1.29 is 31.1 Å². The van der Waals surface area contributed by atoms with Crippen molar-refractivity contribution in [2.75, 3.05) is 10.6 Å². The molecule has 0 saturated heterocycles. The molecule has 1 aromatic heterocycles. The van der Waals surface area contributed by atoms with Gasteiger partial charge in [-0.1, -0.05) is 41.4 Å². The van der Waals surface area contributed by atoms with Crippen LogP contribution in [0.25, 0.3) is 0 Å². The van der Waals surface area contributed by atoms with Crippen LogP contribution in [-0.4, -0.2) is 21.9 Å². The van der Waals surface area contributed by atoms with Gasteiger partial charge in [0.25, 0.3) is 5.91 Å². The molecular formula is C22H17ClF6N4O. The Morgan fingerprint density at radius 3 is 2.38 bits per heavy atom. The third-order valence-electron chi connectivity index (χ3n) is 5.44. The van der Waals surface area contributed by atoms with E-state index in [9.17, 15) is 31.1 Å². The summed E-state index contributed by atoms with van der Waals surface area (Å²) < 4.78 is 81.1. The monoisotopic (exact) mass is 502 g/mol. The number of carbonyl (C=O) groups is 1. The predicted molar refractivity (Wildman–Crippen MR) is 114 cm³/mol. The third kappa shape index (κ3) is 4.84. The summed E-state index contributed by atoms with van der Waals surface area (Å²) in [7, 11) is 0. The number of aromatic nitrogens is 2. The first kappa shape index (κ1) is 23.9. The highest BCUT2D eigenvalue weighted by molar-refractivity contribution is 6.33. The summed E-state index contributed by atoms with van der Waals surface area (Å²) >= 11 is 5.89. The van der Waals surface area contributed by atoms with Crippen molar-refractivity contribution in [3.63, 3.8) is 0 Å². The summed E-state index contributed by atoms with van der Waals surface area (Å²) in [4.78, 5) is 12.7. The molecule has 2 aromatic carbocycles. The molecule has 0 saturated carbocycles. The lowest BCUT2D eigenvalue weighted by Gasteiger charge is -2.33. The Kier molecular flexibility index (Phi) is 6.01. The number of hydrogen-bond donors (Lipinski definition) is 2. The van der Waals surface area contributed by atoms with E-state index in [1.807, 2.05) is 6.92 Å². The van der Waals surface area contributed by atoms with Gasteiger partial charge in [0.15, 0.2) is 11.7 Å². The van der Waals surface area contributed by atoms with E-state index in [1.165, 1.54) is 0 Å². The highest BCUT2D eigenvalue weighted by Gasteiger charge is 2.46. The molecule has 1 aliphatic heterocycles. The fourth-order valence-corrected chi connectivity index (χ4v) is 3.85. The summed E-state index contributed by atoms with van der Waals surface area (Å²) in [5.41, 5.74) is -0.214.